The van der Waals surface area contributed by atoms with E-state index >= 15 is 0 Å². The van der Waals surface area contributed by atoms with Crippen LogP contribution in [0, 0.1) is 0 Å². The molecule has 2 aromatic carbocycles. The van der Waals surface area contributed by atoms with E-state index in [-0.39, 0.29) is 0 Å². The van der Waals surface area contributed by atoms with Gasteiger partial charge in [-0.25, -0.2) is 0 Å². The van der Waals surface area contributed by atoms with Gasteiger partial charge in [-0.15, -0.1) is 11.8 Å². The summed E-state index contributed by atoms with van der Waals surface area (Å²) in [5.74, 6) is 2.09. The van der Waals surface area contributed by atoms with Gasteiger partial charge in [-0.2, -0.15) is 0 Å². The summed E-state index contributed by atoms with van der Waals surface area (Å²) < 4.78 is 5.16. The van der Waals surface area contributed by atoms with Gasteiger partial charge in [0.25, 0.3) is 0 Å². The van der Waals surface area contributed by atoms with Crippen LogP contribution < -0.4 is 15.8 Å². The Morgan fingerprint density at radius 2 is 2.00 bits per heavy atom. The van der Waals surface area contributed by atoms with Gasteiger partial charge in [0.15, 0.2) is 5.96 Å². The van der Waals surface area contributed by atoms with Gasteiger partial charge in [0, 0.05) is 22.4 Å². The Balaban J connectivity index is 1.78. The fourth-order valence-electron chi connectivity index (χ4n) is 1.73. The third-order valence-corrected chi connectivity index (χ3v) is 3.72. The summed E-state index contributed by atoms with van der Waals surface area (Å²) in [5.41, 5.74) is 6.73. The van der Waals surface area contributed by atoms with Crippen molar-refractivity contribution in [1.82, 2.24) is 0 Å². The number of hydrogen-bond acceptors (Lipinski definition) is 3. The number of nitrogens with two attached hydrogens (primary N) is 1. The highest BCUT2D eigenvalue weighted by molar-refractivity contribution is 7.99. The number of anilines is 1. The minimum absolute atomic E-state index is 0.414. The van der Waals surface area contributed by atoms with E-state index in [0.29, 0.717) is 12.5 Å². The molecule has 4 nitrogen and oxygen atoms in total. The second kappa shape index (κ2) is 8.21. The van der Waals surface area contributed by atoms with Gasteiger partial charge in [0.1, 0.15) is 5.75 Å². The lowest BCUT2D eigenvalue weighted by Gasteiger charge is -2.07. The molecule has 0 aliphatic heterocycles. The van der Waals surface area contributed by atoms with Crippen molar-refractivity contribution in [3.8, 4) is 5.75 Å². The van der Waals surface area contributed by atoms with E-state index in [1.807, 2.05) is 42.5 Å². The number of ether oxygens (including phenoxy) is 1. The quantitative estimate of drug-likeness (QED) is 0.372. The highest BCUT2D eigenvalue weighted by Crippen LogP contribution is 2.17. The van der Waals surface area contributed by atoms with Crippen LogP contribution in [0.4, 0.5) is 5.69 Å². The molecule has 3 N–H and O–H groups in total. The summed E-state index contributed by atoms with van der Waals surface area (Å²) in [7, 11) is 1.64. The van der Waals surface area contributed by atoms with Gasteiger partial charge < -0.3 is 15.8 Å². The monoisotopic (exact) mass is 301 g/mol. The molecule has 0 aliphatic carbocycles. The normalized spacial score (nSPS) is 11.2. The number of thioether (sulfide) groups is 1. The molecule has 0 aromatic heterocycles. The Bertz CT molecular complexity index is 587. The van der Waals surface area contributed by atoms with E-state index in [0.717, 1.165) is 17.2 Å². The fourth-order valence-corrected chi connectivity index (χ4v) is 2.50. The summed E-state index contributed by atoms with van der Waals surface area (Å²) in [4.78, 5) is 5.55. The predicted molar refractivity (Wildman–Crippen MR) is 90.3 cm³/mol. The smallest absolute Gasteiger partial charge is 0.193 e. The maximum absolute atomic E-state index is 5.87. The number of nitrogens with one attached hydrogen (secondary N) is 1. The standard InChI is InChI=1S/C16H19N3OS/c1-20-14-7-5-6-13(12-14)19-16(17)18-10-11-21-15-8-3-2-4-9-15/h2-9,12H,10-11H2,1H3,(H3,17,18,19). The molecule has 0 saturated carbocycles. The number of nitrogens with zero attached hydrogens (tertiary/aromatic N) is 1. The van der Waals surface area contributed by atoms with E-state index in [2.05, 4.69) is 22.4 Å². The largest absolute Gasteiger partial charge is 0.497 e. The molecule has 0 aliphatic rings. The van der Waals surface area contributed by atoms with E-state index in [1.54, 1.807) is 18.9 Å². The molecule has 2 aromatic rings. The Labute approximate surface area is 129 Å². The molecule has 0 fully saturated rings. The molecule has 0 heterocycles. The molecule has 5 heteroatoms. The van der Waals surface area contributed by atoms with Crippen molar-refractivity contribution in [2.45, 2.75) is 4.90 Å². The maximum atomic E-state index is 5.87. The second-order valence-corrected chi connectivity index (χ2v) is 5.45. The zero-order chi connectivity index (χ0) is 14.9. The summed E-state index contributed by atoms with van der Waals surface area (Å²) in [5, 5.41) is 3.05. The molecule has 21 heavy (non-hydrogen) atoms. The lowest BCUT2D eigenvalue weighted by Crippen LogP contribution is -2.23. The average Bonchev–Trinajstić information content (AvgIpc) is 2.53. The van der Waals surface area contributed by atoms with Gasteiger partial charge in [-0.1, -0.05) is 24.3 Å². The van der Waals surface area contributed by atoms with Crippen molar-refractivity contribution in [3.05, 3.63) is 54.6 Å². The Kier molecular flexibility index (Phi) is 5.97. The molecular weight excluding hydrogens is 282 g/mol. The van der Waals surface area contributed by atoms with Crippen molar-refractivity contribution in [3.63, 3.8) is 0 Å². The fraction of sp³-hybridized carbons (Fsp3) is 0.188. The van der Waals surface area contributed by atoms with Crippen LogP contribution in [0.15, 0.2) is 64.5 Å². The average molecular weight is 301 g/mol. The van der Waals surface area contributed by atoms with Crippen LogP contribution in [0.25, 0.3) is 0 Å². The molecule has 0 radical (unpaired) electrons. The van der Waals surface area contributed by atoms with Crippen molar-refractivity contribution >= 4 is 23.4 Å². The number of benzene rings is 2. The molecular formula is C16H19N3OS. The summed E-state index contributed by atoms with van der Waals surface area (Å²) >= 11 is 1.76. The van der Waals surface area contributed by atoms with Gasteiger partial charge in [0.2, 0.25) is 0 Å². The zero-order valence-electron chi connectivity index (χ0n) is 12.0. The van der Waals surface area contributed by atoms with Crippen LogP contribution >= 0.6 is 11.8 Å². The third kappa shape index (κ3) is 5.39. The van der Waals surface area contributed by atoms with Gasteiger partial charge >= 0.3 is 0 Å². The molecule has 0 saturated heterocycles. The molecule has 110 valence electrons. The number of guanidine groups is 1. The van der Waals surface area contributed by atoms with E-state index in [9.17, 15) is 0 Å². The minimum Gasteiger partial charge on any atom is -0.497 e. The van der Waals surface area contributed by atoms with E-state index < -0.39 is 0 Å². The first-order valence-electron chi connectivity index (χ1n) is 6.67. The summed E-state index contributed by atoms with van der Waals surface area (Å²) in [6.45, 7) is 0.669. The Morgan fingerprint density at radius 1 is 1.19 bits per heavy atom. The summed E-state index contributed by atoms with van der Waals surface area (Å²) in [6.07, 6.45) is 0. The molecule has 0 amide bonds. The minimum atomic E-state index is 0.414. The maximum Gasteiger partial charge on any atom is 0.193 e. The second-order valence-electron chi connectivity index (χ2n) is 4.29. The van der Waals surface area contributed by atoms with E-state index in [4.69, 9.17) is 10.5 Å². The van der Waals surface area contributed by atoms with Crippen LogP contribution in [0.5, 0.6) is 5.75 Å². The SMILES string of the molecule is COc1cccc(NC(N)=NCCSc2ccccc2)c1. The Hall–Kier alpha value is -2.14. The Morgan fingerprint density at radius 3 is 2.76 bits per heavy atom. The zero-order valence-corrected chi connectivity index (χ0v) is 12.8. The lowest BCUT2D eigenvalue weighted by molar-refractivity contribution is 0.415. The molecule has 2 rings (SSSR count). The first-order chi connectivity index (χ1) is 10.3. The van der Waals surface area contributed by atoms with Crippen LogP contribution in [0.2, 0.25) is 0 Å². The van der Waals surface area contributed by atoms with Crippen LogP contribution in [0.3, 0.4) is 0 Å². The number of hydrogen-bond donors (Lipinski definition) is 2. The first-order valence-corrected chi connectivity index (χ1v) is 7.65. The third-order valence-electron chi connectivity index (χ3n) is 2.73. The van der Waals surface area contributed by atoms with Gasteiger partial charge in [-0.3, -0.25) is 4.99 Å². The predicted octanol–water partition coefficient (Wildman–Crippen LogP) is 3.21. The first kappa shape index (κ1) is 15.3. The topological polar surface area (TPSA) is 59.6 Å². The van der Waals surface area contributed by atoms with Crippen molar-refractivity contribution in [2.24, 2.45) is 10.7 Å². The number of aliphatic imine (C=N–C) groups is 1. The highest BCUT2D eigenvalue weighted by Gasteiger charge is 1.97. The lowest BCUT2D eigenvalue weighted by atomic mass is 10.3. The number of methoxy groups -OCH3 is 1. The van der Waals surface area contributed by atoms with Crippen LogP contribution in [-0.2, 0) is 0 Å². The van der Waals surface area contributed by atoms with Crippen molar-refractivity contribution in [1.29, 1.82) is 0 Å². The van der Waals surface area contributed by atoms with E-state index in [1.165, 1.54) is 4.90 Å². The van der Waals surface area contributed by atoms with Crippen molar-refractivity contribution in [2.75, 3.05) is 24.7 Å². The number of rotatable bonds is 6. The molecule has 0 unspecified atom stereocenters. The molecule has 0 spiro atoms. The highest BCUT2D eigenvalue weighted by atomic mass is 32.2. The van der Waals surface area contributed by atoms with Gasteiger partial charge in [-0.05, 0) is 24.3 Å². The summed E-state index contributed by atoms with van der Waals surface area (Å²) in [6, 6.07) is 17.8. The van der Waals surface area contributed by atoms with Gasteiger partial charge in [0.05, 0.1) is 13.7 Å². The van der Waals surface area contributed by atoms with Crippen LogP contribution in [0.1, 0.15) is 0 Å². The molecule has 0 bridgehead atoms. The molecule has 0 atom stereocenters. The van der Waals surface area contributed by atoms with Crippen LogP contribution in [-0.4, -0.2) is 25.4 Å². The van der Waals surface area contributed by atoms with Crippen molar-refractivity contribution < 1.29 is 4.74 Å².